The van der Waals surface area contributed by atoms with E-state index < -0.39 is 11.7 Å². The zero-order valence-corrected chi connectivity index (χ0v) is 19.7. The highest BCUT2D eigenvalue weighted by molar-refractivity contribution is 8.00. The Labute approximate surface area is 205 Å². The second kappa shape index (κ2) is 10.6. The molecule has 0 spiro atoms. The summed E-state index contributed by atoms with van der Waals surface area (Å²) in [6.45, 7) is 2.19. The molecule has 1 aliphatic heterocycles. The summed E-state index contributed by atoms with van der Waals surface area (Å²) in [6, 6.07) is 16.1. The molecule has 3 aromatic rings. The second-order valence-electron chi connectivity index (χ2n) is 7.68. The van der Waals surface area contributed by atoms with E-state index in [1.165, 1.54) is 22.3 Å². The van der Waals surface area contributed by atoms with Crippen molar-refractivity contribution in [3.8, 4) is 0 Å². The number of nitrogens with zero attached hydrogens (tertiary/aromatic N) is 4. The first-order valence-corrected chi connectivity index (χ1v) is 11.8. The van der Waals surface area contributed by atoms with Gasteiger partial charge in [0.25, 0.3) is 0 Å². The molecular weight excluding hydrogens is 485 g/mol. The molecule has 0 bridgehead atoms. The number of carbonyl (C=O) groups is 1. The number of halogens is 4. The Hall–Kier alpha value is -2.91. The van der Waals surface area contributed by atoms with Crippen LogP contribution in [0.5, 0.6) is 0 Å². The van der Waals surface area contributed by atoms with Gasteiger partial charge in [0.2, 0.25) is 5.91 Å². The Morgan fingerprint density at radius 3 is 2.41 bits per heavy atom. The molecule has 0 radical (unpaired) electrons. The number of benzene rings is 2. The summed E-state index contributed by atoms with van der Waals surface area (Å²) in [5, 5.41) is 0.144. The molecule has 0 aliphatic carbocycles. The number of aromatic nitrogens is 1. The Morgan fingerprint density at radius 1 is 1.03 bits per heavy atom. The van der Waals surface area contributed by atoms with E-state index in [2.05, 4.69) is 9.88 Å². The highest BCUT2D eigenvalue weighted by atomic mass is 35.5. The predicted molar refractivity (Wildman–Crippen MR) is 129 cm³/mol. The Kier molecular flexibility index (Phi) is 7.53. The van der Waals surface area contributed by atoms with Crippen LogP contribution in [-0.4, -0.2) is 48.5 Å². The van der Waals surface area contributed by atoms with Gasteiger partial charge in [-0.1, -0.05) is 29.8 Å². The number of amides is 1. The van der Waals surface area contributed by atoms with Crippen LogP contribution in [0.2, 0.25) is 5.02 Å². The Morgan fingerprint density at radius 2 is 1.76 bits per heavy atom. The highest BCUT2D eigenvalue weighted by Crippen LogP contribution is 2.39. The summed E-state index contributed by atoms with van der Waals surface area (Å²) >= 11 is 7.48. The van der Waals surface area contributed by atoms with Crippen LogP contribution in [0.4, 0.5) is 24.5 Å². The number of rotatable bonds is 6. The van der Waals surface area contributed by atoms with Crippen LogP contribution in [0.3, 0.4) is 0 Å². The third-order valence-corrected chi connectivity index (χ3v) is 6.77. The molecule has 1 aliphatic rings. The SMILES string of the molecule is O=C(CN(Sc1ccccc1)c1cc(C(F)(F)F)ccc1Cl)N1CCN(c2cccnc2)CC1. The molecule has 0 atom stereocenters. The maximum atomic E-state index is 13.4. The van der Waals surface area contributed by atoms with E-state index in [0.717, 1.165) is 22.7 Å². The molecule has 5 nitrogen and oxygen atoms in total. The first-order valence-electron chi connectivity index (χ1n) is 10.6. The van der Waals surface area contributed by atoms with Crippen molar-refractivity contribution in [3.63, 3.8) is 0 Å². The lowest BCUT2D eigenvalue weighted by Gasteiger charge is -2.37. The van der Waals surface area contributed by atoms with Crippen molar-refractivity contribution in [2.24, 2.45) is 0 Å². The summed E-state index contributed by atoms with van der Waals surface area (Å²) in [5.41, 5.74) is 0.322. The van der Waals surface area contributed by atoms with Gasteiger partial charge in [0, 0.05) is 37.3 Å². The monoisotopic (exact) mass is 506 g/mol. The van der Waals surface area contributed by atoms with Gasteiger partial charge < -0.3 is 14.1 Å². The Bertz CT molecular complexity index is 1110. The number of hydrogen-bond acceptors (Lipinski definition) is 5. The van der Waals surface area contributed by atoms with Gasteiger partial charge in [-0.25, -0.2) is 0 Å². The van der Waals surface area contributed by atoms with Crippen LogP contribution in [0, 0.1) is 0 Å². The fraction of sp³-hybridized carbons (Fsp3) is 0.250. The van der Waals surface area contributed by atoms with Crippen molar-refractivity contribution >= 4 is 40.8 Å². The van der Waals surface area contributed by atoms with E-state index in [9.17, 15) is 18.0 Å². The summed E-state index contributed by atoms with van der Waals surface area (Å²) in [5.74, 6) is -0.178. The quantitative estimate of drug-likeness (QED) is 0.406. The van der Waals surface area contributed by atoms with E-state index in [1.54, 1.807) is 17.3 Å². The molecule has 1 fully saturated rings. The minimum atomic E-state index is -4.52. The van der Waals surface area contributed by atoms with E-state index in [-0.39, 0.29) is 23.2 Å². The highest BCUT2D eigenvalue weighted by Gasteiger charge is 2.32. The number of alkyl halides is 3. The number of anilines is 2. The lowest BCUT2D eigenvalue weighted by molar-refractivity contribution is -0.137. The standard InChI is InChI=1S/C24H22ClF3N4OS/c25-21-9-8-18(24(26,27)28)15-22(21)32(34-20-6-2-1-3-7-20)17-23(33)31-13-11-30(12-14-31)19-5-4-10-29-16-19/h1-10,15-16H,11-14,17H2. The summed E-state index contributed by atoms with van der Waals surface area (Å²) in [7, 11) is 0. The van der Waals surface area contributed by atoms with Crippen LogP contribution in [-0.2, 0) is 11.0 Å². The lowest BCUT2D eigenvalue weighted by atomic mass is 10.2. The van der Waals surface area contributed by atoms with Crippen LogP contribution in [0.25, 0.3) is 0 Å². The van der Waals surface area contributed by atoms with Gasteiger partial charge in [0.05, 0.1) is 28.2 Å². The zero-order chi connectivity index (χ0) is 24.1. The van der Waals surface area contributed by atoms with Gasteiger partial charge in [0.1, 0.15) is 6.54 Å². The second-order valence-corrected chi connectivity index (χ2v) is 9.19. The van der Waals surface area contributed by atoms with Gasteiger partial charge in [0.15, 0.2) is 0 Å². The molecule has 1 saturated heterocycles. The fourth-order valence-electron chi connectivity index (χ4n) is 3.63. The van der Waals surface area contributed by atoms with Gasteiger partial charge in [-0.2, -0.15) is 13.2 Å². The topological polar surface area (TPSA) is 39.7 Å². The number of piperazine rings is 1. The maximum absolute atomic E-state index is 13.4. The smallest absolute Gasteiger partial charge is 0.367 e. The zero-order valence-electron chi connectivity index (χ0n) is 18.1. The van der Waals surface area contributed by atoms with Crippen LogP contribution in [0.1, 0.15) is 5.56 Å². The van der Waals surface area contributed by atoms with E-state index in [1.807, 2.05) is 42.5 Å². The van der Waals surface area contributed by atoms with Crippen LogP contribution in [0.15, 0.2) is 78.0 Å². The number of pyridine rings is 1. The molecule has 10 heteroatoms. The van der Waals surface area contributed by atoms with E-state index in [4.69, 9.17) is 11.6 Å². The van der Waals surface area contributed by atoms with E-state index >= 15 is 0 Å². The van der Waals surface area contributed by atoms with Crippen molar-refractivity contribution in [2.45, 2.75) is 11.1 Å². The summed E-state index contributed by atoms with van der Waals surface area (Å²) < 4.78 is 41.6. The van der Waals surface area contributed by atoms with Crippen LogP contribution < -0.4 is 9.21 Å². The molecule has 2 heterocycles. The van der Waals surface area contributed by atoms with Crippen LogP contribution >= 0.6 is 23.5 Å². The molecule has 4 rings (SSSR count). The summed E-state index contributed by atoms with van der Waals surface area (Å²) in [4.78, 5) is 22.0. The average molecular weight is 507 g/mol. The van der Waals surface area contributed by atoms with E-state index in [0.29, 0.717) is 26.2 Å². The average Bonchev–Trinajstić information content (AvgIpc) is 2.84. The third kappa shape index (κ3) is 5.95. The largest absolute Gasteiger partial charge is 0.416 e. The predicted octanol–water partition coefficient (Wildman–Crippen LogP) is 5.62. The van der Waals surface area contributed by atoms with Gasteiger partial charge in [-0.05, 0) is 54.4 Å². The van der Waals surface area contributed by atoms with Crippen molar-refractivity contribution in [3.05, 3.63) is 83.6 Å². The van der Waals surface area contributed by atoms with Crippen molar-refractivity contribution in [1.82, 2.24) is 9.88 Å². The third-order valence-electron chi connectivity index (χ3n) is 5.42. The minimum absolute atomic E-state index is 0.118. The van der Waals surface area contributed by atoms with Gasteiger partial charge in [-0.15, -0.1) is 0 Å². The number of carbonyl (C=O) groups excluding carboxylic acids is 1. The first kappa shape index (κ1) is 24.2. The molecule has 178 valence electrons. The molecule has 34 heavy (non-hydrogen) atoms. The first-order chi connectivity index (χ1) is 16.3. The van der Waals surface area contributed by atoms with Gasteiger partial charge >= 0.3 is 6.18 Å². The molecule has 1 aromatic heterocycles. The minimum Gasteiger partial charge on any atom is -0.367 e. The molecule has 2 aromatic carbocycles. The fourth-order valence-corrected chi connectivity index (χ4v) is 4.86. The van der Waals surface area contributed by atoms with Gasteiger partial charge in [-0.3, -0.25) is 9.78 Å². The maximum Gasteiger partial charge on any atom is 0.416 e. The molecule has 1 amide bonds. The molecule has 0 N–H and O–H groups in total. The Balaban J connectivity index is 1.52. The lowest BCUT2D eigenvalue weighted by Crippen LogP contribution is -2.50. The molecular formula is C24H22ClF3N4OS. The normalized spacial score (nSPS) is 14.2. The number of hydrogen-bond donors (Lipinski definition) is 0. The van der Waals surface area contributed by atoms with Crippen molar-refractivity contribution < 1.29 is 18.0 Å². The summed E-state index contributed by atoms with van der Waals surface area (Å²) in [6.07, 6.45) is -1.03. The molecule has 0 unspecified atom stereocenters. The molecule has 0 saturated carbocycles. The van der Waals surface area contributed by atoms with Crippen molar-refractivity contribution in [2.75, 3.05) is 41.9 Å². The van der Waals surface area contributed by atoms with Crippen molar-refractivity contribution in [1.29, 1.82) is 0 Å².